The van der Waals surface area contributed by atoms with Crippen molar-refractivity contribution in [3.8, 4) is 22.3 Å². The molecule has 10 rings (SSSR count). The summed E-state index contributed by atoms with van der Waals surface area (Å²) in [6.07, 6.45) is 21.0. The van der Waals surface area contributed by atoms with Gasteiger partial charge < -0.3 is 9.47 Å². The van der Waals surface area contributed by atoms with E-state index in [1.807, 2.05) is 6.92 Å². The number of anilines is 2. The van der Waals surface area contributed by atoms with Crippen molar-refractivity contribution >= 4 is 61.7 Å². The Bertz CT molecular complexity index is 3010. The first-order valence-corrected chi connectivity index (χ1v) is 20.0. The molecule has 0 saturated carbocycles. The van der Waals surface area contributed by atoms with E-state index in [0.29, 0.717) is 0 Å². The summed E-state index contributed by atoms with van der Waals surface area (Å²) in [5, 5.41) is 9.06. The molecule has 1 aromatic heterocycles. The molecule has 0 saturated heterocycles. The van der Waals surface area contributed by atoms with Gasteiger partial charge in [-0.3, -0.25) is 0 Å². The van der Waals surface area contributed by atoms with Gasteiger partial charge in [-0.1, -0.05) is 140 Å². The zero-order valence-corrected chi connectivity index (χ0v) is 32.7. The molecule has 0 atom stereocenters. The molecular formula is C55H46N2. The highest BCUT2D eigenvalue weighted by Gasteiger charge is 2.19. The van der Waals surface area contributed by atoms with Crippen molar-refractivity contribution in [3.05, 3.63) is 210 Å². The topological polar surface area (TPSA) is 8.17 Å². The summed E-state index contributed by atoms with van der Waals surface area (Å²) < 4.78 is 2.32. The van der Waals surface area contributed by atoms with Crippen LogP contribution in [0.5, 0.6) is 0 Å². The Balaban J connectivity index is 0.00000137. The van der Waals surface area contributed by atoms with Gasteiger partial charge in [-0.25, -0.2) is 0 Å². The second kappa shape index (κ2) is 15.7. The van der Waals surface area contributed by atoms with Crippen LogP contribution in [0.25, 0.3) is 72.6 Å². The number of aryl methyl sites for hydroxylation is 1. The molecule has 0 fully saturated rings. The number of hydrogen-bond acceptors (Lipinski definition) is 1. The minimum atomic E-state index is 0.802. The molecule has 2 heteroatoms. The summed E-state index contributed by atoms with van der Waals surface area (Å²) in [5.74, 6) is 0. The highest BCUT2D eigenvalue weighted by atomic mass is 15.1. The van der Waals surface area contributed by atoms with Crippen LogP contribution in [0.1, 0.15) is 31.7 Å². The van der Waals surface area contributed by atoms with Crippen LogP contribution in [0.2, 0.25) is 0 Å². The van der Waals surface area contributed by atoms with E-state index in [1.54, 1.807) is 6.08 Å². The van der Waals surface area contributed by atoms with Crippen molar-refractivity contribution in [1.82, 2.24) is 4.57 Å². The Morgan fingerprint density at radius 3 is 1.88 bits per heavy atom. The Morgan fingerprint density at radius 2 is 1.18 bits per heavy atom. The highest BCUT2D eigenvalue weighted by molar-refractivity contribution is 6.06. The molecule has 276 valence electrons. The van der Waals surface area contributed by atoms with E-state index in [9.17, 15) is 0 Å². The molecule has 8 aromatic rings. The Kier molecular flexibility index (Phi) is 9.85. The molecule has 1 heterocycles. The SMILES string of the molecule is C=CC.Cc1cn(C2=CC=C(N(c3ccc(-c4c5c(c(-c6ccccc6)c6ccccc46)=CCCC=5)cc3)c3ccc4ccccc4c3)CC=C2)c2ccccc12. The summed E-state index contributed by atoms with van der Waals surface area (Å²) in [5.41, 5.74) is 12.3. The summed E-state index contributed by atoms with van der Waals surface area (Å²) in [6, 6.07) is 53.3. The van der Waals surface area contributed by atoms with Crippen molar-refractivity contribution in [2.24, 2.45) is 0 Å². The number of rotatable bonds is 6. The zero-order valence-electron chi connectivity index (χ0n) is 32.7. The van der Waals surface area contributed by atoms with Crippen LogP contribution >= 0.6 is 0 Å². The fourth-order valence-corrected chi connectivity index (χ4v) is 8.65. The van der Waals surface area contributed by atoms with E-state index in [0.717, 1.165) is 36.3 Å². The minimum absolute atomic E-state index is 0.802. The second-order valence-corrected chi connectivity index (χ2v) is 14.9. The number of hydrogen-bond donors (Lipinski definition) is 0. The quantitative estimate of drug-likeness (QED) is 0.154. The van der Waals surface area contributed by atoms with E-state index in [2.05, 4.69) is 211 Å². The maximum absolute atomic E-state index is 3.36. The van der Waals surface area contributed by atoms with E-state index >= 15 is 0 Å². The minimum Gasteiger partial charge on any atom is -0.316 e. The van der Waals surface area contributed by atoms with Crippen LogP contribution < -0.4 is 15.3 Å². The predicted molar refractivity (Wildman–Crippen MR) is 247 cm³/mol. The van der Waals surface area contributed by atoms with Gasteiger partial charge in [0.15, 0.2) is 0 Å². The first kappa shape index (κ1) is 35.8. The van der Waals surface area contributed by atoms with Crippen LogP contribution in [-0.2, 0) is 0 Å². The average molecular weight is 735 g/mol. The summed E-state index contributed by atoms with van der Waals surface area (Å²) in [6.45, 7) is 7.44. The van der Waals surface area contributed by atoms with Crippen LogP contribution in [0.15, 0.2) is 194 Å². The lowest BCUT2D eigenvalue weighted by Crippen LogP contribution is -2.31. The van der Waals surface area contributed by atoms with E-state index in [1.165, 1.54) is 76.4 Å². The molecule has 0 bridgehead atoms. The van der Waals surface area contributed by atoms with Crippen molar-refractivity contribution in [1.29, 1.82) is 0 Å². The molecule has 0 unspecified atom stereocenters. The molecule has 7 aromatic carbocycles. The van der Waals surface area contributed by atoms with Gasteiger partial charge in [0, 0.05) is 40.8 Å². The lowest BCUT2D eigenvalue weighted by Gasteiger charge is -2.28. The van der Waals surface area contributed by atoms with Crippen molar-refractivity contribution in [2.45, 2.75) is 33.1 Å². The maximum Gasteiger partial charge on any atom is 0.0531 e. The number of para-hydroxylation sites is 1. The fourth-order valence-electron chi connectivity index (χ4n) is 8.65. The Hall–Kier alpha value is -6.90. The van der Waals surface area contributed by atoms with Gasteiger partial charge in [0.25, 0.3) is 0 Å². The van der Waals surface area contributed by atoms with E-state index in [-0.39, 0.29) is 0 Å². The largest absolute Gasteiger partial charge is 0.316 e. The average Bonchev–Trinajstić information content (AvgIpc) is 3.41. The smallest absolute Gasteiger partial charge is 0.0531 e. The van der Waals surface area contributed by atoms with Gasteiger partial charge in [0.05, 0.1) is 5.52 Å². The number of aromatic nitrogens is 1. The molecule has 0 N–H and O–H groups in total. The number of fused-ring (bicyclic) bond motifs is 4. The predicted octanol–water partition coefficient (Wildman–Crippen LogP) is 13.7. The molecule has 57 heavy (non-hydrogen) atoms. The second-order valence-electron chi connectivity index (χ2n) is 14.9. The first-order valence-electron chi connectivity index (χ1n) is 20.0. The Morgan fingerprint density at radius 1 is 0.596 bits per heavy atom. The van der Waals surface area contributed by atoms with E-state index in [4.69, 9.17) is 0 Å². The van der Waals surface area contributed by atoms with Crippen LogP contribution in [0, 0.1) is 6.92 Å². The molecule has 0 aliphatic heterocycles. The molecule has 0 spiro atoms. The highest BCUT2D eigenvalue weighted by Crippen LogP contribution is 2.38. The monoisotopic (exact) mass is 734 g/mol. The summed E-state index contributed by atoms with van der Waals surface area (Å²) >= 11 is 0. The van der Waals surface area contributed by atoms with Gasteiger partial charge in [-0.15, -0.1) is 6.58 Å². The Labute approximate surface area is 335 Å². The summed E-state index contributed by atoms with van der Waals surface area (Å²) in [4.78, 5) is 2.44. The first-order chi connectivity index (χ1) is 28.1. The van der Waals surface area contributed by atoms with Gasteiger partial charge >= 0.3 is 0 Å². The maximum atomic E-state index is 3.36. The zero-order chi connectivity index (χ0) is 38.7. The lowest BCUT2D eigenvalue weighted by atomic mass is 9.86. The standard InChI is InChI=1S/C52H40N2.C3H6/c1-36-35-53(50-25-12-11-20-45(36)50)41-18-13-19-42(33-32-41)54(44-31-26-37-14-5-6-17-40(37)34-44)43-29-27-39(28-30-43)52-48-23-9-7-21-46(48)51(38-15-3-2-4-16-38)47-22-8-10-24-49(47)52;1-3-2/h2-7,9,11-18,20-35H,8,10,19H2,1H3;3H,1H2,2H3. The normalized spacial score (nSPS) is 13.4. The van der Waals surface area contributed by atoms with Gasteiger partial charge in [0.1, 0.15) is 0 Å². The molecule has 2 aliphatic carbocycles. The molecule has 2 aliphatic rings. The van der Waals surface area contributed by atoms with Gasteiger partial charge in [-0.2, -0.15) is 0 Å². The number of nitrogens with zero attached hydrogens (tertiary/aromatic N) is 2. The molecule has 0 radical (unpaired) electrons. The van der Waals surface area contributed by atoms with Crippen molar-refractivity contribution in [3.63, 3.8) is 0 Å². The third-order valence-corrected chi connectivity index (χ3v) is 11.2. The third kappa shape index (κ3) is 6.74. The van der Waals surface area contributed by atoms with Crippen molar-refractivity contribution in [2.75, 3.05) is 4.90 Å². The number of allylic oxidation sites excluding steroid dienone is 6. The van der Waals surface area contributed by atoms with Crippen LogP contribution in [0.3, 0.4) is 0 Å². The lowest BCUT2D eigenvalue weighted by molar-refractivity contribution is 1.08. The van der Waals surface area contributed by atoms with Crippen LogP contribution in [-0.4, -0.2) is 4.57 Å². The van der Waals surface area contributed by atoms with Gasteiger partial charge in [0.2, 0.25) is 0 Å². The number of benzene rings is 7. The van der Waals surface area contributed by atoms with E-state index < -0.39 is 0 Å². The molecule has 0 amide bonds. The van der Waals surface area contributed by atoms with Gasteiger partial charge in [-0.05, 0) is 135 Å². The van der Waals surface area contributed by atoms with Crippen molar-refractivity contribution < 1.29 is 0 Å². The molecular weight excluding hydrogens is 689 g/mol. The fraction of sp³-hybridized carbons (Fsp3) is 0.0909. The summed E-state index contributed by atoms with van der Waals surface area (Å²) in [7, 11) is 0. The molecule has 2 nitrogen and oxygen atoms in total. The third-order valence-electron chi connectivity index (χ3n) is 11.2. The van der Waals surface area contributed by atoms with Crippen LogP contribution in [0.4, 0.5) is 11.4 Å².